The minimum atomic E-state index is -3.34. The molecule has 2 rings (SSSR count). The zero-order valence-corrected chi connectivity index (χ0v) is 13.5. The summed E-state index contributed by atoms with van der Waals surface area (Å²) >= 11 is 3.31. The van der Waals surface area contributed by atoms with Gasteiger partial charge in [-0.2, -0.15) is 0 Å². The Bertz CT molecular complexity index is 615. The molecule has 1 saturated heterocycles. The Balaban J connectivity index is 2.21. The van der Waals surface area contributed by atoms with Crippen molar-refractivity contribution in [2.45, 2.75) is 24.5 Å². The first-order chi connectivity index (χ1) is 9.44. The molecule has 1 atom stereocenters. The molecule has 1 heterocycles. The average molecular weight is 362 g/mol. The van der Waals surface area contributed by atoms with E-state index in [4.69, 9.17) is 4.74 Å². The summed E-state index contributed by atoms with van der Waals surface area (Å²) in [6, 6.07) is 5.17. The Hall–Kier alpha value is -1.08. The molecule has 1 aliphatic rings. The summed E-state index contributed by atoms with van der Waals surface area (Å²) < 4.78 is 29.8. The molecule has 110 valence electrons. The first-order valence-electron chi connectivity index (χ1n) is 6.30. The second kappa shape index (κ2) is 6.13. The van der Waals surface area contributed by atoms with Gasteiger partial charge >= 0.3 is 0 Å². The zero-order chi connectivity index (χ0) is 14.8. The van der Waals surface area contributed by atoms with Crippen LogP contribution in [0.25, 0.3) is 0 Å². The highest BCUT2D eigenvalue weighted by Gasteiger charge is 2.35. The van der Waals surface area contributed by atoms with Gasteiger partial charge in [-0.05, 0) is 31.0 Å². The third-order valence-electron chi connectivity index (χ3n) is 3.29. The lowest BCUT2D eigenvalue weighted by Crippen LogP contribution is -2.39. The molecular formula is C13H16BrNO4S. The van der Waals surface area contributed by atoms with Crippen LogP contribution in [-0.4, -0.2) is 32.4 Å². The van der Waals surface area contributed by atoms with E-state index in [-0.39, 0.29) is 5.75 Å². The van der Waals surface area contributed by atoms with Gasteiger partial charge in [0.25, 0.3) is 0 Å². The highest BCUT2D eigenvalue weighted by Crippen LogP contribution is 2.29. The molecule has 0 radical (unpaired) electrons. The number of carbonyl (C=O) groups is 1. The second-order valence-electron chi connectivity index (χ2n) is 4.69. The largest absolute Gasteiger partial charge is 0.495 e. The number of halogens is 1. The normalized spacial score (nSPS) is 21.2. The Morgan fingerprint density at radius 1 is 1.40 bits per heavy atom. The Kier molecular flexibility index (Phi) is 4.70. The van der Waals surface area contributed by atoms with Gasteiger partial charge in [-0.3, -0.25) is 4.79 Å². The summed E-state index contributed by atoms with van der Waals surface area (Å²) in [6.45, 7) is 0. The van der Waals surface area contributed by atoms with Gasteiger partial charge in [0, 0.05) is 4.47 Å². The van der Waals surface area contributed by atoms with Crippen LogP contribution in [0.5, 0.6) is 5.75 Å². The number of amides is 1. The molecule has 1 aliphatic heterocycles. The van der Waals surface area contributed by atoms with Gasteiger partial charge in [0.05, 0.1) is 18.6 Å². The number of ether oxygens (including phenoxy) is 1. The number of nitrogens with one attached hydrogen (secondary N) is 1. The molecule has 5 nitrogen and oxygen atoms in total. The molecule has 7 heteroatoms. The van der Waals surface area contributed by atoms with Crippen LogP contribution in [-0.2, 0) is 14.6 Å². The predicted molar refractivity (Wildman–Crippen MR) is 80.7 cm³/mol. The first-order valence-corrected chi connectivity index (χ1v) is 8.81. The lowest BCUT2D eigenvalue weighted by Gasteiger charge is -2.22. The van der Waals surface area contributed by atoms with E-state index in [1.807, 2.05) is 0 Å². The van der Waals surface area contributed by atoms with Crippen LogP contribution in [0.4, 0.5) is 5.69 Å². The summed E-state index contributed by atoms with van der Waals surface area (Å²) in [7, 11) is -1.84. The lowest BCUT2D eigenvalue weighted by molar-refractivity contribution is -0.116. The minimum absolute atomic E-state index is 0.0840. The van der Waals surface area contributed by atoms with E-state index in [9.17, 15) is 13.2 Å². The topological polar surface area (TPSA) is 72.5 Å². The highest BCUT2D eigenvalue weighted by molar-refractivity contribution is 9.10. The van der Waals surface area contributed by atoms with Crippen molar-refractivity contribution < 1.29 is 17.9 Å². The maximum atomic E-state index is 12.2. The van der Waals surface area contributed by atoms with Crippen LogP contribution in [0.1, 0.15) is 19.3 Å². The number of hydrogen-bond donors (Lipinski definition) is 1. The Labute approximate surface area is 126 Å². The van der Waals surface area contributed by atoms with Crippen molar-refractivity contribution in [1.82, 2.24) is 0 Å². The standard InChI is InChI=1S/C13H16BrNO4S/c1-19-11-6-5-9(14)8-10(11)15-13(16)12-4-2-3-7-20(12,17)18/h5-6,8,12H,2-4,7H2,1H3,(H,15,16). The number of rotatable bonds is 3. The van der Waals surface area contributed by atoms with E-state index in [2.05, 4.69) is 21.2 Å². The van der Waals surface area contributed by atoms with E-state index in [0.29, 0.717) is 24.3 Å². The first kappa shape index (κ1) is 15.3. The maximum absolute atomic E-state index is 12.2. The number of sulfone groups is 1. The van der Waals surface area contributed by atoms with Gasteiger partial charge in [0.15, 0.2) is 9.84 Å². The summed E-state index contributed by atoms with van der Waals surface area (Å²) in [4.78, 5) is 12.2. The average Bonchev–Trinajstić information content (AvgIpc) is 2.38. The molecule has 0 saturated carbocycles. The Morgan fingerprint density at radius 3 is 2.80 bits per heavy atom. The van der Waals surface area contributed by atoms with E-state index in [1.54, 1.807) is 18.2 Å². The third kappa shape index (κ3) is 3.32. The summed E-state index contributed by atoms with van der Waals surface area (Å²) in [5.41, 5.74) is 0.465. The van der Waals surface area contributed by atoms with Crippen molar-refractivity contribution in [2.24, 2.45) is 0 Å². The fourth-order valence-corrected chi connectivity index (χ4v) is 4.40. The van der Waals surface area contributed by atoms with Crippen molar-refractivity contribution in [3.8, 4) is 5.75 Å². The molecule has 1 N–H and O–H groups in total. The molecule has 0 bridgehead atoms. The van der Waals surface area contributed by atoms with Crippen molar-refractivity contribution >= 4 is 37.4 Å². The molecule has 1 unspecified atom stereocenters. The second-order valence-corrected chi connectivity index (χ2v) is 7.90. The zero-order valence-electron chi connectivity index (χ0n) is 11.1. The molecule has 1 aromatic rings. The number of anilines is 1. The van der Waals surface area contributed by atoms with E-state index in [0.717, 1.165) is 10.9 Å². The number of methoxy groups -OCH3 is 1. The molecule has 1 fully saturated rings. The van der Waals surface area contributed by atoms with Crippen molar-refractivity contribution in [3.05, 3.63) is 22.7 Å². The third-order valence-corrected chi connectivity index (χ3v) is 5.96. The molecule has 0 aromatic heterocycles. The van der Waals surface area contributed by atoms with Crippen molar-refractivity contribution in [3.63, 3.8) is 0 Å². The van der Waals surface area contributed by atoms with Crippen molar-refractivity contribution in [2.75, 3.05) is 18.2 Å². The SMILES string of the molecule is COc1ccc(Br)cc1NC(=O)C1CCCCS1(=O)=O. The minimum Gasteiger partial charge on any atom is -0.495 e. The fraction of sp³-hybridized carbons (Fsp3) is 0.462. The van der Waals surface area contributed by atoms with Gasteiger partial charge in [0.1, 0.15) is 11.0 Å². The Morgan fingerprint density at radius 2 is 2.15 bits per heavy atom. The van der Waals surface area contributed by atoms with Crippen LogP contribution < -0.4 is 10.1 Å². The van der Waals surface area contributed by atoms with Crippen LogP contribution in [0.3, 0.4) is 0 Å². The summed E-state index contributed by atoms with van der Waals surface area (Å²) in [6.07, 6.45) is 1.77. The van der Waals surface area contributed by atoms with E-state index < -0.39 is 21.0 Å². The van der Waals surface area contributed by atoms with Gasteiger partial charge in [-0.25, -0.2) is 8.42 Å². The van der Waals surface area contributed by atoms with Crippen molar-refractivity contribution in [1.29, 1.82) is 0 Å². The van der Waals surface area contributed by atoms with Crippen LogP contribution in [0.15, 0.2) is 22.7 Å². The van der Waals surface area contributed by atoms with Crippen LogP contribution in [0, 0.1) is 0 Å². The molecule has 0 spiro atoms. The molecular weight excluding hydrogens is 346 g/mol. The van der Waals surface area contributed by atoms with Crippen LogP contribution >= 0.6 is 15.9 Å². The predicted octanol–water partition coefficient (Wildman–Crippen LogP) is 2.36. The lowest BCUT2D eigenvalue weighted by atomic mass is 10.1. The molecule has 1 aromatic carbocycles. The van der Waals surface area contributed by atoms with Gasteiger partial charge in [-0.15, -0.1) is 0 Å². The number of hydrogen-bond acceptors (Lipinski definition) is 4. The quantitative estimate of drug-likeness (QED) is 0.896. The maximum Gasteiger partial charge on any atom is 0.242 e. The number of benzene rings is 1. The summed E-state index contributed by atoms with van der Waals surface area (Å²) in [5, 5.41) is 1.70. The fourth-order valence-electron chi connectivity index (χ4n) is 2.24. The molecule has 0 aliphatic carbocycles. The van der Waals surface area contributed by atoms with Crippen LogP contribution in [0.2, 0.25) is 0 Å². The van der Waals surface area contributed by atoms with Gasteiger partial charge < -0.3 is 10.1 Å². The highest BCUT2D eigenvalue weighted by atomic mass is 79.9. The smallest absolute Gasteiger partial charge is 0.242 e. The monoisotopic (exact) mass is 361 g/mol. The molecule has 1 amide bonds. The number of carbonyl (C=O) groups excluding carboxylic acids is 1. The molecule has 20 heavy (non-hydrogen) atoms. The van der Waals surface area contributed by atoms with E-state index in [1.165, 1.54) is 7.11 Å². The summed E-state index contributed by atoms with van der Waals surface area (Å²) in [5.74, 6) is 0.0941. The van der Waals surface area contributed by atoms with E-state index >= 15 is 0 Å². The van der Waals surface area contributed by atoms with Gasteiger partial charge in [0.2, 0.25) is 5.91 Å². The van der Waals surface area contributed by atoms with Gasteiger partial charge in [-0.1, -0.05) is 22.4 Å².